The summed E-state index contributed by atoms with van der Waals surface area (Å²) in [5.74, 6) is -0.486. The number of rotatable bonds is 3. The number of hydrogen-bond donors (Lipinski definition) is 0. The molecular weight excluding hydrogens is 317 g/mol. The maximum atomic E-state index is 13.4. The number of ketones is 1. The molecule has 2 aromatic carbocycles. The molecule has 120 valence electrons. The lowest BCUT2D eigenvalue weighted by atomic mass is 10.1. The quantitative estimate of drug-likeness (QED) is 0.811. The molecule has 0 atom stereocenters. The molecule has 0 unspecified atom stereocenters. The topological polar surface area (TPSA) is 54.5 Å². The van der Waals surface area contributed by atoms with Crippen LogP contribution in [0.4, 0.5) is 10.1 Å². The second-order valence-corrected chi connectivity index (χ2v) is 7.50. The number of halogens is 1. The summed E-state index contributed by atoms with van der Waals surface area (Å²) < 4.78 is 40.3. The average molecular weight is 333 g/mol. The van der Waals surface area contributed by atoms with E-state index in [1.807, 2.05) is 0 Å². The molecule has 6 heteroatoms. The molecule has 0 aromatic heterocycles. The summed E-state index contributed by atoms with van der Waals surface area (Å²) in [7, 11) is -3.74. The SMILES string of the molecule is CC(=O)c1ccc2c(c1)CCN2S(=O)(=O)c1ccc(F)c(C)c1. The van der Waals surface area contributed by atoms with Crippen LogP contribution in [0.1, 0.15) is 28.4 Å². The Balaban J connectivity index is 2.04. The van der Waals surface area contributed by atoms with Crippen LogP contribution in [0.2, 0.25) is 0 Å². The van der Waals surface area contributed by atoms with E-state index >= 15 is 0 Å². The van der Waals surface area contributed by atoms with Crippen LogP contribution < -0.4 is 4.31 Å². The Morgan fingerprint density at radius 1 is 1.17 bits per heavy atom. The van der Waals surface area contributed by atoms with Gasteiger partial charge in [0, 0.05) is 12.1 Å². The third-order valence-corrected chi connectivity index (χ3v) is 5.87. The number of hydrogen-bond acceptors (Lipinski definition) is 3. The number of benzene rings is 2. The number of carbonyl (C=O) groups excluding carboxylic acids is 1. The Kier molecular flexibility index (Phi) is 3.72. The van der Waals surface area contributed by atoms with E-state index in [-0.39, 0.29) is 16.2 Å². The number of nitrogens with zero attached hydrogens (tertiary/aromatic N) is 1. The molecule has 3 rings (SSSR count). The number of fused-ring (bicyclic) bond motifs is 1. The summed E-state index contributed by atoms with van der Waals surface area (Å²) in [5, 5.41) is 0. The minimum Gasteiger partial charge on any atom is -0.295 e. The van der Waals surface area contributed by atoms with E-state index in [1.54, 1.807) is 18.2 Å². The molecule has 2 aromatic rings. The van der Waals surface area contributed by atoms with E-state index in [0.717, 1.165) is 11.6 Å². The smallest absolute Gasteiger partial charge is 0.264 e. The largest absolute Gasteiger partial charge is 0.295 e. The van der Waals surface area contributed by atoms with Gasteiger partial charge in [-0.3, -0.25) is 9.10 Å². The van der Waals surface area contributed by atoms with Crippen molar-refractivity contribution in [3.05, 3.63) is 58.9 Å². The molecule has 0 aliphatic carbocycles. The standard InChI is InChI=1S/C17H16FNO3S/c1-11-9-15(4-5-16(11)18)23(21,22)19-8-7-14-10-13(12(2)20)3-6-17(14)19/h3-6,9-10H,7-8H2,1-2H3. The lowest BCUT2D eigenvalue weighted by Crippen LogP contribution is -2.29. The first-order valence-electron chi connectivity index (χ1n) is 7.23. The van der Waals surface area contributed by atoms with Gasteiger partial charge < -0.3 is 0 Å². The van der Waals surface area contributed by atoms with Gasteiger partial charge in [-0.05, 0) is 67.8 Å². The fraction of sp³-hybridized carbons (Fsp3) is 0.235. The molecule has 0 bridgehead atoms. The number of aryl methyl sites for hydroxylation is 1. The molecular formula is C17H16FNO3S. The van der Waals surface area contributed by atoms with Crippen molar-refractivity contribution in [1.82, 2.24) is 0 Å². The van der Waals surface area contributed by atoms with E-state index < -0.39 is 15.8 Å². The first-order chi connectivity index (χ1) is 10.8. The van der Waals surface area contributed by atoms with Crippen LogP contribution in [0.3, 0.4) is 0 Å². The van der Waals surface area contributed by atoms with Gasteiger partial charge in [0.2, 0.25) is 0 Å². The molecule has 0 saturated heterocycles. The van der Waals surface area contributed by atoms with E-state index in [1.165, 1.54) is 30.3 Å². The minimum absolute atomic E-state index is 0.0525. The Labute approximate surface area is 134 Å². The fourth-order valence-electron chi connectivity index (χ4n) is 2.75. The van der Waals surface area contributed by atoms with Crippen molar-refractivity contribution in [2.75, 3.05) is 10.8 Å². The lowest BCUT2D eigenvalue weighted by molar-refractivity contribution is 0.101. The van der Waals surface area contributed by atoms with Crippen LogP contribution in [0, 0.1) is 12.7 Å². The summed E-state index contributed by atoms with van der Waals surface area (Å²) in [6, 6.07) is 8.81. The zero-order chi connectivity index (χ0) is 16.8. The first kappa shape index (κ1) is 15.7. The highest BCUT2D eigenvalue weighted by molar-refractivity contribution is 7.92. The number of anilines is 1. The van der Waals surface area contributed by atoms with Gasteiger partial charge in [0.15, 0.2) is 5.78 Å². The van der Waals surface area contributed by atoms with Crippen molar-refractivity contribution in [3.63, 3.8) is 0 Å². The molecule has 1 heterocycles. The maximum Gasteiger partial charge on any atom is 0.264 e. The zero-order valence-corrected chi connectivity index (χ0v) is 13.7. The van der Waals surface area contributed by atoms with Gasteiger partial charge >= 0.3 is 0 Å². The van der Waals surface area contributed by atoms with Crippen LogP contribution in [0.25, 0.3) is 0 Å². The molecule has 23 heavy (non-hydrogen) atoms. The molecule has 0 N–H and O–H groups in total. The van der Waals surface area contributed by atoms with Gasteiger partial charge in [0.25, 0.3) is 10.0 Å². The van der Waals surface area contributed by atoms with Crippen molar-refractivity contribution in [2.24, 2.45) is 0 Å². The highest BCUT2D eigenvalue weighted by atomic mass is 32.2. The van der Waals surface area contributed by atoms with Crippen molar-refractivity contribution in [2.45, 2.75) is 25.2 Å². The second kappa shape index (κ2) is 5.45. The molecule has 1 aliphatic heterocycles. The summed E-state index contributed by atoms with van der Waals surface area (Å²) in [6.45, 7) is 3.33. The number of Topliss-reactive ketones (excluding diaryl/α,β-unsaturated/α-hetero) is 1. The Bertz CT molecular complexity index is 906. The molecule has 0 radical (unpaired) electrons. The van der Waals surface area contributed by atoms with Crippen LogP contribution in [-0.2, 0) is 16.4 Å². The minimum atomic E-state index is -3.74. The fourth-order valence-corrected chi connectivity index (χ4v) is 4.33. The molecule has 0 spiro atoms. The van der Waals surface area contributed by atoms with Gasteiger partial charge in [0.1, 0.15) is 5.82 Å². The Morgan fingerprint density at radius 3 is 2.57 bits per heavy atom. The normalized spacial score (nSPS) is 14.0. The van der Waals surface area contributed by atoms with Gasteiger partial charge in [-0.25, -0.2) is 12.8 Å². The summed E-state index contributed by atoms with van der Waals surface area (Å²) in [6.07, 6.45) is 0.551. The summed E-state index contributed by atoms with van der Waals surface area (Å²) >= 11 is 0. The molecule has 1 aliphatic rings. The van der Waals surface area contributed by atoms with Gasteiger partial charge in [0.05, 0.1) is 10.6 Å². The van der Waals surface area contributed by atoms with E-state index in [0.29, 0.717) is 24.2 Å². The van der Waals surface area contributed by atoms with Crippen molar-refractivity contribution in [3.8, 4) is 0 Å². The summed E-state index contributed by atoms with van der Waals surface area (Å²) in [5.41, 5.74) is 2.27. The van der Waals surface area contributed by atoms with Gasteiger partial charge in [-0.1, -0.05) is 0 Å². The third kappa shape index (κ3) is 2.63. The highest BCUT2D eigenvalue weighted by Crippen LogP contribution is 2.34. The first-order valence-corrected chi connectivity index (χ1v) is 8.67. The monoisotopic (exact) mass is 333 g/mol. The lowest BCUT2D eigenvalue weighted by Gasteiger charge is -2.20. The number of carbonyl (C=O) groups is 1. The average Bonchev–Trinajstić information content (AvgIpc) is 2.93. The molecule has 0 amide bonds. The van der Waals surface area contributed by atoms with Crippen molar-refractivity contribution >= 4 is 21.5 Å². The zero-order valence-electron chi connectivity index (χ0n) is 12.8. The van der Waals surface area contributed by atoms with E-state index in [2.05, 4.69) is 0 Å². The Morgan fingerprint density at radius 2 is 1.91 bits per heavy atom. The van der Waals surface area contributed by atoms with E-state index in [4.69, 9.17) is 0 Å². The van der Waals surface area contributed by atoms with Crippen molar-refractivity contribution in [1.29, 1.82) is 0 Å². The van der Waals surface area contributed by atoms with Crippen LogP contribution in [0.5, 0.6) is 0 Å². The Hall–Kier alpha value is -2.21. The van der Waals surface area contributed by atoms with Crippen LogP contribution >= 0.6 is 0 Å². The van der Waals surface area contributed by atoms with Gasteiger partial charge in [-0.2, -0.15) is 0 Å². The highest BCUT2D eigenvalue weighted by Gasteiger charge is 2.31. The summed E-state index contributed by atoms with van der Waals surface area (Å²) in [4.78, 5) is 11.5. The molecule has 0 saturated carbocycles. The molecule has 4 nitrogen and oxygen atoms in total. The predicted octanol–water partition coefficient (Wildman–Crippen LogP) is 3.09. The third-order valence-electron chi connectivity index (χ3n) is 4.06. The van der Waals surface area contributed by atoms with E-state index in [9.17, 15) is 17.6 Å². The van der Waals surface area contributed by atoms with Crippen LogP contribution in [0.15, 0.2) is 41.3 Å². The molecule has 0 fully saturated rings. The van der Waals surface area contributed by atoms with Crippen molar-refractivity contribution < 1.29 is 17.6 Å². The maximum absolute atomic E-state index is 13.4. The van der Waals surface area contributed by atoms with Gasteiger partial charge in [-0.15, -0.1) is 0 Å². The predicted molar refractivity (Wildman–Crippen MR) is 85.8 cm³/mol. The van der Waals surface area contributed by atoms with Crippen LogP contribution in [-0.4, -0.2) is 20.7 Å². The second-order valence-electron chi connectivity index (χ2n) is 5.64. The number of sulfonamides is 1.